The van der Waals surface area contributed by atoms with E-state index in [9.17, 15) is 4.39 Å². The van der Waals surface area contributed by atoms with Crippen molar-refractivity contribution in [1.82, 2.24) is 0 Å². The second kappa shape index (κ2) is 6.63. The van der Waals surface area contributed by atoms with Crippen LogP contribution in [-0.4, -0.2) is 6.67 Å². The minimum atomic E-state index is -0.130. The first-order valence-corrected chi connectivity index (χ1v) is 4.82. The topological polar surface area (TPSA) is 0 Å². The van der Waals surface area contributed by atoms with Crippen molar-refractivity contribution < 1.29 is 4.39 Å². The van der Waals surface area contributed by atoms with E-state index in [1.54, 1.807) is 0 Å². The molecule has 0 radical (unpaired) electrons. The number of halogens is 1. The minimum Gasteiger partial charge on any atom is -0.251 e. The summed E-state index contributed by atoms with van der Waals surface area (Å²) in [6.45, 7) is 6.33. The SMILES string of the molecule is CCCC(C)[C@@H](CF)CCC. The Morgan fingerprint density at radius 2 is 1.64 bits per heavy atom. The first-order valence-electron chi connectivity index (χ1n) is 4.82. The van der Waals surface area contributed by atoms with E-state index in [1.165, 1.54) is 12.8 Å². The maximum Gasteiger partial charge on any atom is 0.0925 e. The van der Waals surface area contributed by atoms with Gasteiger partial charge in [-0.2, -0.15) is 0 Å². The van der Waals surface area contributed by atoms with Crippen molar-refractivity contribution in [3.8, 4) is 0 Å². The Morgan fingerprint density at radius 1 is 1.09 bits per heavy atom. The molecule has 0 aromatic rings. The van der Waals surface area contributed by atoms with Crippen molar-refractivity contribution >= 4 is 0 Å². The molecule has 1 heteroatoms. The van der Waals surface area contributed by atoms with Crippen molar-refractivity contribution in [2.45, 2.75) is 46.5 Å². The highest BCUT2D eigenvalue weighted by atomic mass is 19.1. The normalized spacial score (nSPS) is 16.4. The lowest BCUT2D eigenvalue weighted by Crippen LogP contribution is -2.13. The zero-order chi connectivity index (χ0) is 8.69. The molecule has 0 N–H and O–H groups in total. The third kappa shape index (κ3) is 4.39. The Bertz CT molecular complexity index is 80.9. The first kappa shape index (κ1) is 10.9. The van der Waals surface area contributed by atoms with Crippen molar-refractivity contribution in [2.75, 3.05) is 6.67 Å². The van der Waals surface area contributed by atoms with E-state index in [0.717, 1.165) is 12.8 Å². The summed E-state index contributed by atoms with van der Waals surface area (Å²) in [5.41, 5.74) is 0. The minimum absolute atomic E-state index is 0.130. The van der Waals surface area contributed by atoms with E-state index in [2.05, 4.69) is 20.8 Å². The Labute approximate surface area is 70.2 Å². The fourth-order valence-corrected chi connectivity index (χ4v) is 1.58. The molecule has 0 bridgehead atoms. The van der Waals surface area contributed by atoms with Gasteiger partial charge in [-0.1, -0.05) is 40.0 Å². The van der Waals surface area contributed by atoms with Crippen molar-refractivity contribution in [3.63, 3.8) is 0 Å². The lowest BCUT2D eigenvalue weighted by Gasteiger charge is -2.19. The van der Waals surface area contributed by atoms with Crippen LogP contribution in [0.25, 0.3) is 0 Å². The van der Waals surface area contributed by atoms with Crippen LogP contribution in [0.4, 0.5) is 4.39 Å². The Balaban J connectivity index is 3.61. The van der Waals surface area contributed by atoms with E-state index in [-0.39, 0.29) is 6.67 Å². The summed E-state index contributed by atoms with van der Waals surface area (Å²) >= 11 is 0. The monoisotopic (exact) mass is 160 g/mol. The summed E-state index contributed by atoms with van der Waals surface area (Å²) in [5.74, 6) is 0.893. The number of alkyl halides is 1. The largest absolute Gasteiger partial charge is 0.251 e. The molecular weight excluding hydrogens is 139 g/mol. The smallest absolute Gasteiger partial charge is 0.0925 e. The van der Waals surface area contributed by atoms with E-state index in [4.69, 9.17) is 0 Å². The molecule has 0 aliphatic heterocycles. The Hall–Kier alpha value is -0.0700. The maximum atomic E-state index is 12.4. The highest BCUT2D eigenvalue weighted by Gasteiger charge is 2.14. The van der Waals surface area contributed by atoms with Crippen LogP contribution in [0.3, 0.4) is 0 Å². The molecule has 0 spiro atoms. The summed E-state index contributed by atoms with van der Waals surface area (Å²) in [6.07, 6.45) is 4.52. The van der Waals surface area contributed by atoms with Gasteiger partial charge in [0.1, 0.15) is 0 Å². The third-order valence-corrected chi connectivity index (χ3v) is 2.41. The van der Waals surface area contributed by atoms with Crippen LogP contribution in [0.1, 0.15) is 46.5 Å². The summed E-state index contributed by atoms with van der Waals surface area (Å²) in [4.78, 5) is 0. The van der Waals surface area contributed by atoms with Gasteiger partial charge in [-0.15, -0.1) is 0 Å². The van der Waals surface area contributed by atoms with Crippen LogP contribution in [0, 0.1) is 11.8 Å². The predicted molar refractivity (Wildman–Crippen MR) is 48.4 cm³/mol. The quantitative estimate of drug-likeness (QED) is 0.554. The molecule has 2 atom stereocenters. The van der Waals surface area contributed by atoms with Gasteiger partial charge in [0.15, 0.2) is 0 Å². The molecule has 11 heavy (non-hydrogen) atoms. The van der Waals surface area contributed by atoms with Gasteiger partial charge in [-0.3, -0.25) is 4.39 Å². The fourth-order valence-electron chi connectivity index (χ4n) is 1.58. The molecule has 0 rings (SSSR count). The van der Waals surface area contributed by atoms with Crippen LogP contribution in [0.5, 0.6) is 0 Å². The van der Waals surface area contributed by atoms with Crippen LogP contribution < -0.4 is 0 Å². The highest BCUT2D eigenvalue weighted by Crippen LogP contribution is 2.22. The van der Waals surface area contributed by atoms with Crippen molar-refractivity contribution in [1.29, 1.82) is 0 Å². The van der Waals surface area contributed by atoms with Crippen molar-refractivity contribution in [3.05, 3.63) is 0 Å². The number of hydrogen-bond acceptors (Lipinski definition) is 0. The molecule has 1 unspecified atom stereocenters. The second-order valence-electron chi connectivity index (χ2n) is 3.47. The van der Waals surface area contributed by atoms with Gasteiger partial charge in [0.25, 0.3) is 0 Å². The third-order valence-electron chi connectivity index (χ3n) is 2.41. The van der Waals surface area contributed by atoms with Gasteiger partial charge >= 0.3 is 0 Å². The molecule has 0 amide bonds. The van der Waals surface area contributed by atoms with Gasteiger partial charge in [0.05, 0.1) is 6.67 Å². The summed E-state index contributed by atoms with van der Waals surface area (Å²) in [7, 11) is 0. The molecule has 0 aromatic heterocycles. The van der Waals surface area contributed by atoms with E-state index < -0.39 is 0 Å². The first-order chi connectivity index (χ1) is 5.26. The Morgan fingerprint density at radius 3 is 2.00 bits per heavy atom. The maximum absolute atomic E-state index is 12.4. The fraction of sp³-hybridized carbons (Fsp3) is 1.00. The highest BCUT2D eigenvalue weighted by molar-refractivity contribution is 4.64. The molecule has 0 heterocycles. The molecule has 0 fully saturated rings. The lowest BCUT2D eigenvalue weighted by atomic mass is 9.88. The van der Waals surface area contributed by atoms with E-state index >= 15 is 0 Å². The summed E-state index contributed by atoms with van der Waals surface area (Å²) < 4.78 is 12.4. The average molecular weight is 160 g/mol. The van der Waals surface area contributed by atoms with Crippen LogP contribution in [-0.2, 0) is 0 Å². The average Bonchev–Trinajstić information content (AvgIpc) is 2.00. The molecule has 0 nitrogen and oxygen atoms in total. The van der Waals surface area contributed by atoms with Gasteiger partial charge < -0.3 is 0 Å². The summed E-state index contributed by atoms with van der Waals surface area (Å²) in [5, 5.41) is 0. The molecule has 0 saturated carbocycles. The molecule has 0 aromatic carbocycles. The van der Waals surface area contributed by atoms with E-state index in [0.29, 0.717) is 11.8 Å². The van der Waals surface area contributed by atoms with E-state index in [1.807, 2.05) is 0 Å². The standard InChI is InChI=1S/C10H21F/c1-4-6-9(3)10(8-11)7-5-2/h9-10H,4-8H2,1-3H3/t9?,10-/m1/s1. The molecular formula is C10H21F. The Kier molecular flexibility index (Phi) is 6.59. The predicted octanol–water partition coefficient (Wildman–Crippen LogP) is 3.81. The van der Waals surface area contributed by atoms with Gasteiger partial charge in [0, 0.05) is 0 Å². The van der Waals surface area contributed by atoms with Crippen LogP contribution in [0.15, 0.2) is 0 Å². The lowest BCUT2D eigenvalue weighted by molar-refractivity contribution is 0.246. The summed E-state index contributed by atoms with van der Waals surface area (Å²) in [6, 6.07) is 0. The molecule has 0 aliphatic carbocycles. The second-order valence-corrected chi connectivity index (χ2v) is 3.47. The zero-order valence-electron chi connectivity index (χ0n) is 8.07. The van der Waals surface area contributed by atoms with Gasteiger partial charge in [-0.25, -0.2) is 0 Å². The molecule has 0 aliphatic rings. The number of hydrogen-bond donors (Lipinski definition) is 0. The van der Waals surface area contributed by atoms with Crippen molar-refractivity contribution in [2.24, 2.45) is 11.8 Å². The molecule has 68 valence electrons. The van der Waals surface area contributed by atoms with Crippen LogP contribution >= 0.6 is 0 Å². The van der Waals surface area contributed by atoms with Gasteiger partial charge in [-0.05, 0) is 18.3 Å². The van der Waals surface area contributed by atoms with Crippen LogP contribution in [0.2, 0.25) is 0 Å². The zero-order valence-corrected chi connectivity index (χ0v) is 8.07. The molecule has 0 saturated heterocycles. The number of rotatable bonds is 6. The van der Waals surface area contributed by atoms with Gasteiger partial charge in [0.2, 0.25) is 0 Å².